The van der Waals surface area contributed by atoms with Gasteiger partial charge in [-0.05, 0) is 57.6 Å². The lowest BCUT2D eigenvalue weighted by Gasteiger charge is -2.06. The Labute approximate surface area is 168 Å². The van der Waals surface area contributed by atoms with Crippen LogP contribution in [0.4, 0.5) is 0 Å². The number of aromatic amines is 1. The van der Waals surface area contributed by atoms with Crippen molar-refractivity contribution < 1.29 is 9.90 Å². The first-order valence-electron chi connectivity index (χ1n) is 8.45. The summed E-state index contributed by atoms with van der Waals surface area (Å²) >= 11 is 2.32. The van der Waals surface area contributed by atoms with Gasteiger partial charge in [-0.1, -0.05) is 42.5 Å². The molecule has 5 heteroatoms. The molecule has 130 valence electrons. The number of H-pyrrole nitrogens is 1. The fourth-order valence-corrected chi connectivity index (χ4v) is 4.04. The van der Waals surface area contributed by atoms with Gasteiger partial charge >= 0.3 is 5.97 Å². The van der Waals surface area contributed by atoms with E-state index in [1.54, 1.807) is 24.3 Å². The molecule has 0 saturated heterocycles. The van der Waals surface area contributed by atoms with Crippen molar-refractivity contribution in [3.63, 3.8) is 0 Å². The molecule has 1 aromatic heterocycles. The topological polar surface area (TPSA) is 66.0 Å². The van der Waals surface area contributed by atoms with Gasteiger partial charge in [0.2, 0.25) is 0 Å². The van der Waals surface area contributed by atoms with Crippen molar-refractivity contribution in [2.45, 2.75) is 0 Å². The van der Waals surface area contributed by atoms with E-state index >= 15 is 0 Å². The lowest BCUT2D eigenvalue weighted by atomic mass is 10.0. The number of fused-ring (bicyclic) bond motifs is 6. The van der Waals surface area contributed by atoms with Gasteiger partial charge in [0.1, 0.15) is 5.82 Å². The molecule has 4 nitrogen and oxygen atoms in total. The Morgan fingerprint density at radius 3 is 2.33 bits per heavy atom. The van der Waals surface area contributed by atoms with E-state index in [1.807, 2.05) is 12.1 Å². The number of carboxylic acid groups (broad SMARTS) is 1. The Morgan fingerprint density at radius 2 is 1.59 bits per heavy atom. The second-order valence-corrected chi connectivity index (χ2v) is 7.67. The highest BCUT2D eigenvalue weighted by molar-refractivity contribution is 14.1. The molecule has 1 heterocycles. The smallest absolute Gasteiger partial charge is 0.335 e. The van der Waals surface area contributed by atoms with Crippen molar-refractivity contribution in [1.82, 2.24) is 9.97 Å². The van der Waals surface area contributed by atoms with Crippen LogP contribution in [0.25, 0.3) is 44.0 Å². The second-order valence-electron chi connectivity index (χ2n) is 6.43. The monoisotopic (exact) mass is 464 g/mol. The van der Waals surface area contributed by atoms with E-state index in [0.717, 1.165) is 36.8 Å². The predicted octanol–water partition coefficient (Wildman–Crippen LogP) is 5.84. The molecule has 0 atom stereocenters. The number of hydrogen-bond donors (Lipinski definition) is 2. The van der Waals surface area contributed by atoms with Crippen LogP contribution in [0, 0.1) is 3.57 Å². The SMILES string of the molecule is O=C(O)c1ccc(-c2nc3c4cc(I)ccc4c4ccccc4c3[nH]2)cc1. The van der Waals surface area contributed by atoms with Crippen molar-refractivity contribution in [3.05, 3.63) is 75.9 Å². The van der Waals surface area contributed by atoms with Gasteiger partial charge in [-0.3, -0.25) is 0 Å². The van der Waals surface area contributed by atoms with Crippen LogP contribution in [0.15, 0.2) is 66.7 Å². The Kier molecular flexibility index (Phi) is 3.65. The number of halogens is 1. The van der Waals surface area contributed by atoms with Gasteiger partial charge in [-0.25, -0.2) is 9.78 Å². The average molecular weight is 464 g/mol. The van der Waals surface area contributed by atoms with Crippen LogP contribution in [0.1, 0.15) is 10.4 Å². The number of carboxylic acids is 1. The summed E-state index contributed by atoms with van der Waals surface area (Å²) in [6.07, 6.45) is 0. The highest BCUT2D eigenvalue weighted by Crippen LogP contribution is 2.35. The van der Waals surface area contributed by atoms with Crippen LogP contribution in [-0.4, -0.2) is 21.0 Å². The van der Waals surface area contributed by atoms with Crippen molar-refractivity contribution in [1.29, 1.82) is 0 Å². The molecule has 0 fully saturated rings. The van der Waals surface area contributed by atoms with Crippen molar-refractivity contribution in [2.75, 3.05) is 0 Å². The maximum absolute atomic E-state index is 11.1. The normalized spacial score (nSPS) is 11.4. The summed E-state index contributed by atoms with van der Waals surface area (Å²) in [4.78, 5) is 19.4. The number of hydrogen-bond acceptors (Lipinski definition) is 2. The summed E-state index contributed by atoms with van der Waals surface area (Å²) in [5.74, 6) is -0.198. The summed E-state index contributed by atoms with van der Waals surface area (Å²) in [7, 11) is 0. The third-order valence-corrected chi connectivity index (χ3v) is 5.50. The third kappa shape index (κ3) is 2.57. The van der Waals surface area contributed by atoms with E-state index in [2.05, 4.69) is 57.9 Å². The molecule has 4 aromatic carbocycles. The molecule has 0 bridgehead atoms. The van der Waals surface area contributed by atoms with E-state index in [4.69, 9.17) is 10.1 Å². The minimum atomic E-state index is -0.933. The highest BCUT2D eigenvalue weighted by Gasteiger charge is 2.14. The standard InChI is InChI=1S/C22H13IN2O2/c23-14-9-10-16-15-3-1-2-4-17(15)19-20(18(16)11-14)25-21(24-19)12-5-7-13(8-6-12)22(26)27/h1-11H,(H,24,25)(H,26,27). The van der Waals surface area contributed by atoms with Crippen LogP contribution in [0.2, 0.25) is 0 Å². The molecular formula is C22H13IN2O2. The van der Waals surface area contributed by atoms with Gasteiger partial charge in [0.25, 0.3) is 0 Å². The zero-order valence-electron chi connectivity index (χ0n) is 14.0. The Balaban J connectivity index is 1.84. The number of imidazole rings is 1. The van der Waals surface area contributed by atoms with E-state index < -0.39 is 5.97 Å². The van der Waals surface area contributed by atoms with Crippen molar-refractivity contribution >= 4 is 61.1 Å². The van der Waals surface area contributed by atoms with Crippen LogP contribution >= 0.6 is 22.6 Å². The molecule has 0 spiro atoms. The lowest BCUT2D eigenvalue weighted by Crippen LogP contribution is -1.95. The first-order chi connectivity index (χ1) is 13.1. The molecule has 0 amide bonds. The van der Waals surface area contributed by atoms with Gasteiger partial charge in [0.05, 0.1) is 16.6 Å². The van der Waals surface area contributed by atoms with Gasteiger partial charge in [0, 0.05) is 19.9 Å². The van der Waals surface area contributed by atoms with E-state index in [0.29, 0.717) is 0 Å². The molecule has 0 radical (unpaired) electrons. The maximum atomic E-state index is 11.1. The highest BCUT2D eigenvalue weighted by atomic mass is 127. The summed E-state index contributed by atoms with van der Waals surface area (Å²) in [5, 5.41) is 13.7. The maximum Gasteiger partial charge on any atom is 0.335 e. The number of benzene rings is 4. The molecule has 5 aromatic rings. The van der Waals surface area contributed by atoms with E-state index in [1.165, 1.54) is 10.8 Å². The van der Waals surface area contributed by atoms with Gasteiger partial charge in [-0.15, -0.1) is 0 Å². The fourth-order valence-electron chi connectivity index (χ4n) is 3.55. The Morgan fingerprint density at radius 1 is 0.889 bits per heavy atom. The molecule has 0 aliphatic carbocycles. The van der Waals surface area contributed by atoms with Crippen LogP contribution in [-0.2, 0) is 0 Å². The molecule has 27 heavy (non-hydrogen) atoms. The van der Waals surface area contributed by atoms with E-state index in [-0.39, 0.29) is 5.56 Å². The lowest BCUT2D eigenvalue weighted by molar-refractivity contribution is 0.0697. The molecule has 0 aliphatic rings. The molecule has 2 N–H and O–H groups in total. The molecule has 5 rings (SSSR count). The van der Waals surface area contributed by atoms with E-state index in [9.17, 15) is 4.79 Å². The minimum Gasteiger partial charge on any atom is -0.478 e. The van der Waals surface area contributed by atoms with Gasteiger partial charge < -0.3 is 10.1 Å². The van der Waals surface area contributed by atoms with Crippen LogP contribution < -0.4 is 0 Å². The average Bonchev–Trinajstić information content (AvgIpc) is 3.14. The fraction of sp³-hybridized carbons (Fsp3) is 0. The third-order valence-electron chi connectivity index (χ3n) is 4.83. The van der Waals surface area contributed by atoms with Crippen LogP contribution in [0.3, 0.4) is 0 Å². The number of aromatic nitrogens is 2. The zero-order chi connectivity index (χ0) is 18.5. The first-order valence-corrected chi connectivity index (χ1v) is 9.53. The number of carbonyl (C=O) groups is 1. The zero-order valence-corrected chi connectivity index (χ0v) is 16.2. The Bertz CT molecular complexity index is 1350. The summed E-state index contributed by atoms with van der Waals surface area (Å²) in [6.45, 7) is 0. The molecule has 0 aliphatic heterocycles. The molecular weight excluding hydrogens is 451 g/mol. The molecule has 0 unspecified atom stereocenters. The predicted molar refractivity (Wildman–Crippen MR) is 116 cm³/mol. The summed E-state index contributed by atoms with van der Waals surface area (Å²) < 4.78 is 1.16. The van der Waals surface area contributed by atoms with Crippen molar-refractivity contribution in [3.8, 4) is 11.4 Å². The largest absolute Gasteiger partial charge is 0.478 e. The summed E-state index contributed by atoms with van der Waals surface area (Å²) in [6, 6.07) is 21.5. The van der Waals surface area contributed by atoms with Crippen LogP contribution in [0.5, 0.6) is 0 Å². The minimum absolute atomic E-state index is 0.264. The quantitative estimate of drug-likeness (QED) is 0.255. The first kappa shape index (κ1) is 16.3. The number of rotatable bonds is 2. The van der Waals surface area contributed by atoms with Gasteiger partial charge in [0.15, 0.2) is 0 Å². The van der Waals surface area contributed by atoms with Crippen molar-refractivity contribution in [2.24, 2.45) is 0 Å². The summed E-state index contributed by atoms with van der Waals surface area (Å²) in [5.41, 5.74) is 3.05. The molecule has 0 saturated carbocycles. The number of aromatic carboxylic acids is 1. The Hall–Kier alpha value is -2.93. The second kappa shape index (κ2) is 6.06. The number of nitrogens with zero attached hydrogens (tertiary/aromatic N) is 1. The number of nitrogens with one attached hydrogen (secondary N) is 1. The van der Waals surface area contributed by atoms with Gasteiger partial charge in [-0.2, -0.15) is 0 Å².